The van der Waals surface area contributed by atoms with E-state index in [1.54, 1.807) is 0 Å². The molecule has 112 valence electrons. The van der Waals surface area contributed by atoms with Crippen LogP contribution in [0.2, 0.25) is 19.6 Å². The van der Waals surface area contributed by atoms with Gasteiger partial charge in [-0.1, -0.05) is 42.9 Å². The molecule has 0 aromatic rings. The van der Waals surface area contributed by atoms with E-state index in [1.165, 1.54) is 36.5 Å². The summed E-state index contributed by atoms with van der Waals surface area (Å²) in [6.45, 7) is 12.1. The summed E-state index contributed by atoms with van der Waals surface area (Å²) in [5.41, 5.74) is 0.563. The molecule has 0 N–H and O–H groups in total. The third-order valence-corrected chi connectivity index (χ3v) is 7.97. The molecule has 2 aliphatic rings. The van der Waals surface area contributed by atoms with Gasteiger partial charge in [-0.3, -0.25) is 0 Å². The molecule has 2 rings (SSSR count). The second-order valence-corrected chi connectivity index (χ2v) is 13.4. The topological polar surface area (TPSA) is 9.23 Å². The van der Waals surface area contributed by atoms with Crippen LogP contribution in [0.5, 0.6) is 0 Å². The Hall–Kier alpha value is 0.907. The van der Waals surface area contributed by atoms with E-state index < -0.39 is 8.32 Å². The summed E-state index contributed by atoms with van der Waals surface area (Å²) in [7, 11) is -1.40. The maximum atomic E-state index is 6.56. The Morgan fingerprint density at radius 3 is 2.53 bits per heavy atom. The van der Waals surface area contributed by atoms with Crippen LogP contribution in [0.25, 0.3) is 0 Å². The predicted octanol–water partition coefficient (Wildman–Crippen LogP) is 5.49. The molecule has 1 unspecified atom stereocenters. The Labute approximate surface area is 134 Å². The molecule has 0 aromatic carbocycles. The van der Waals surface area contributed by atoms with Crippen LogP contribution in [-0.2, 0) is 4.43 Å². The SMILES string of the molecule is C[C@H](CI)[C@H]1CCC2[C@@H](O[Si](C)(C)C)CCC[C@@]21C. The largest absolute Gasteiger partial charge is 0.414 e. The van der Waals surface area contributed by atoms with Crippen LogP contribution in [-0.4, -0.2) is 18.8 Å². The van der Waals surface area contributed by atoms with Crippen LogP contribution in [0.15, 0.2) is 0 Å². The third kappa shape index (κ3) is 3.39. The number of alkyl halides is 1. The molecular weight excluding hydrogens is 363 g/mol. The molecule has 0 aromatic heterocycles. The Bertz CT molecular complexity index is 314. The fraction of sp³-hybridized carbons (Fsp3) is 1.00. The zero-order valence-corrected chi connectivity index (χ0v) is 16.5. The van der Waals surface area contributed by atoms with E-state index >= 15 is 0 Å². The van der Waals surface area contributed by atoms with Crippen molar-refractivity contribution in [1.82, 2.24) is 0 Å². The highest BCUT2D eigenvalue weighted by atomic mass is 127. The van der Waals surface area contributed by atoms with Crippen molar-refractivity contribution >= 4 is 30.9 Å². The lowest BCUT2D eigenvalue weighted by Crippen LogP contribution is -2.46. The molecule has 2 aliphatic carbocycles. The third-order valence-electron chi connectivity index (χ3n) is 5.57. The first-order valence-electron chi connectivity index (χ1n) is 8.02. The average molecular weight is 394 g/mol. The summed E-state index contributed by atoms with van der Waals surface area (Å²) >= 11 is 2.58. The molecule has 2 fully saturated rings. The summed E-state index contributed by atoms with van der Waals surface area (Å²) in [5.74, 6) is 2.65. The standard InChI is InChI=1S/C16H31IOSi/c1-12(11-17)13-8-9-14-15(18-19(3,4)5)7-6-10-16(13,14)2/h12-15H,6-11H2,1-5H3/t12-,13-,14?,15+,16-/m1/s1. The number of fused-ring (bicyclic) bond motifs is 1. The van der Waals surface area contributed by atoms with Gasteiger partial charge >= 0.3 is 0 Å². The van der Waals surface area contributed by atoms with Crippen molar-refractivity contribution < 1.29 is 4.43 Å². The molecule has 0 bridgehead atoms. The van der Waals surface area contributed by atoms with E-state index in [-0.39, 0.29) is 0 Å². The number of rotatable bonds is 4. The monoisotopic (exact) mass is 394 g/mol. The predicted molar refractivity (Wildman–Crippen MR) is 94.4 cm³/mol. The lowest BCUT2D eigenvalue weighted by molar-refractivity contribution is -0.0152. The summed E-state index contributed by atoms with van der Waals surface area (Å²) in [6.07, 6.45) is 7.56. The van der Waals surface area contributed by atoms with Crippen molar-refractivity contribution in [2.75, 3.05) is 4.43 Å². The summed E-state index contributed by atoms with van der Waals surface area (Å²) in [4.78, 5) is 0. The van der Waals surface area contributed by atoms with Gasteiger partial charge in [-0.05, 0) is 68.5 Å². The minimum Gasteiger partial charge on any atom is -0.414 e. The van der Waals surface area contributed by atoms with Crippen LogP contribution in [0.4, 0.5) is 0 Å². The normalized spacial score (nSPS) is 41.1. The minimum absolute atomic E-state index is 0.563. The molecule has 0 spiro atoms. The van der Waals surface area contributed by atoms with Gasteiger partial charge in [0, 0.05) is 10.5 Å². The molecule has 5 atom stereocenters. The Kier molecular flexibility index (Phi) is 5.10. The molecule has 0 amide bonds. The first kappa shape index (κ1) is 16.3. The summed E-state index contributed by atoms with van der Waals surface area (Å²) < 4.78 is 7.87. The van der Waals surface area contributed by atoms with E-state index in [9.17, 15) is 0 Å². The van der Waals surface area contributed by atoms with Crippen LogP contribution in [0.1, 0.15) is 46.0 Å². The number of halogens is 1. The summed E-state index contributed by atoms with van der Waals surface area (Å²) in [6, 6.07) is 0. The van der Waals surface area contributed by atoms with Gasteiger partial charge < -0.3 is 4.43 Å². The molecule has 0 radical (unpaired) electrons. The van der Waals surface area contributed by atoms with Crippen molar-refractivity contribution in [2.45, 2.75) is 71.7 Å². The smallest absolute Gasteiger partial charge is 0.184 e. The van der Waals surface area contributed by atoms with Crippen LogP contribution in [0.3, 0.4) is 0 Å². The first-order valence-corrected chi connectivity index (χ1v) is 12.9. The highest BCUT2D eigenvalue weighted by Gasteiger charge is 2.53. The van der Waals surface area contributed by atoms with Crippen molar-refractivity contribution in [3.63, 3.8) is 0 Å². The van der Waals surface area contributed by atoms with Gasteiger partial charge in [-0.2, -0.15) is 0 Å². The number of hydrogen-bond acceptors (Lipinski definition) is 1. The average Bonchev–Trinajstić information content (AvgIpc) is 2.64. The van der Waals surface area contributed by atoms with E-state index in [2.05, 4.69) is 56.1 Å². The molecule has 0 heterocycles. The van der Waals surface area contributed by atoms with Gasteiger partial charge in [0.25, 0.3) is 0 Å². The van der Waals surface area contributed by atoms with Crippen molar-refractivity contribution in [3.05, 3.63) is 0 Å². The maximum absolute atomic E-state index is 6.56. The van der Waals surface area contributed by atoms with E-state index in [0.717, 1.165) is 17.8 Å². The Balaban J connectivity index is 2.14. The molecular formula is C16H31IOSi. The van der Waals surface area contributed by atoms with Gasteiger partial charge in [0.1, 0.15) is 0 Å². The van der Waals surface area contributed by atoms with Gasteiger partial charge in [0.15, 0.2) is 8.32 Å². The van der Waals surface area contributed by atoms with Crippen LogP contribution < -0.4 is 0 Å². The van der Waals surface area contributed by atoms with Crippen molar-refractivity contribution in [3.8, 4) is 0 Å². The molecule has 3 heteroatoms. The zero-order chi connectivity index (χ0) is 14.3. The van der Waals surface area contributed by atoms with E-state index in [4.69, 9.17) is 4.43 Å². The molecule has 0 saturated heterocycles. The lowest BCUT2D eigenvalue weighted by atomic mass is 9.62. The lowest BCUT2D eigenvalue weighted by Gasteiger charge is -2.47. The van der Waals surface area contributed by atoms with Gasteiger partial charge in [-0.15, -0.1) is 0 Å². The highest BCUT2D eigenvalue weighted by molar-refractivity contribution is 14.1. The van der Waals surface area contributed by atoms with Crippen molar-refractivity contribution in [2.24, 2.45) is 23.2 Å². The fourth-order valence-corrected chi connectivity index (χ4v) is 6.60. The van der Waals surface area contributed by atoms with Gasteiger partial charge in [0.05, 0.1) is 0 Å². The second-order valence-electron chi connectivity index (χ2n) is 8.09. The minimum atomic E-state index is -1.40. The Morgan fingerprint density at radius 1 is 1.26 bits per heavy atom. The van der Waals surface area contributed by atoms with Gasteiger partial charge in [-0.25, -0.2) is 0 Å². The van der Waals surface area contributed by atoms with E-state index in [0.29, 0.717) is 11.5 Å². The van der Waals surface area contributed by atoms with Gasteiger partial charge in [0.2, 0.25) is 0 Å². The fourth-order valence-electron chi connectivity index (χ4n) is 4.80. The highest BCUT2D eigenvalue weighted by Crippen LogP contribution is 2.58. The molecule has 19 heavy (non-hydrogen) atoms. The molecule has 0 aliphatic heterocycles. The Morgan fingerprint density at radius 2 is 1.95 bits per heavy atom. The van der Waals surface area contributed by atoms with Crippen molar-refractivity contribution in [1.29, 1.82) is 0 Å². The quantitative estimate of drug-likeness (QED) is 0.348. The van der Waals surface area contributed by atoms with E-state index in [1.807, 2.05) is 0 Å². The van der Waals surface area contributed by atoms with Crippen LogP contribution >= 0.6 is 22.6 Å². The zero-order valence-electron chi connectivity index (χ0n) is 13.3. The molecule has 1 nitrogen and oxygen atoms in total. The first-order chi connectivity index (χ1) is 8.78. The second kappa shape index (κ2) is 5.96. The summed E-state index contributed by atoms with van der Waals surface area (Å²) in [5, 5.41) is 0. The van der Waals surface area contributed by atoms with Crippen LogP contribution in [0, 0.1) is 23.2 Å². The number of hydrogen-bond donors (Lipinski definition) is 0. The maximum Gasteiger partial charge on any atom is 0.184 e. The molecule has 2 saturated carbocycles.